The Kier molecular flexibility index (Phi) is 6.17. The number of nitrogens with zero attached hydrogens (tertiary/aromatic N) is 1. The van der Waals surface area contributed by atoms with Crippen LogP contribution in [0, 0.1) is 0 Å². The van der Waals surface area contributed by atoms with E-state index < -0.39 is 29.5 Å². The fraction of sp³-hybridized carbons (Fsp3) is 0.706. The summed E-state index contributed by atoms with van der Waals surface area (Å²) in [7, 11) is -0.836. The third-order valence-corrected chi connectivity index (χ3v) is 5.00. The quantitative estimate of drug-likeness (QED) is 0.579. The smallest absolute Gasteiger partial charge is 0.399 e. The Labute approximate surface area is 150 Å². The van der Waals surface area contributed by atoms with Gasteiger partial charge in [-0.3, -0.25) is 0 Å². The van der Waals surface area contributed by atoms with Gasteiger partial charge in [0.05, 0.1) is 22.4 Å². The summed E-state index contributed by atoms with van der Waals surface area (Å²) in [4.78, 5) is 4.06. The predicted octanol–water partition coefficient (Wildman–Crippen LogP) is 2.56. The molecule has 24 heavy (non-hydrogen) atoms. The monoisotopic (exact) mass is 357 g/mol. The fourth-order valence-electron chi connectivity index (χ4n) is 1.51. The summed E-state index contributed by atoms with van der Waals surface area (Å²) < 4.78 is 12.2. The second-order valence-corrected chi connectivity index (χ2v) is 8.51. The van der Waals surface area contributed by atoms with Gasteiger partial charge in [0.1, 0.15) is 5.15 Å². The van der Waals surface area contributed by atoms with Crippen molar-refractivity contribution in [3.8, 4) is 0 Å². The third-order valence-electron chi connectivity index (χ3n) is 4.77. The van der Waals surface area contributed by atoms with E-state index in [1.54, 1.807) is 73.7 Å². The molecule has 136 valence electrons. The number of hydrogen-bond acceptors (Lipinski definition) is 5. The highest BCUT2D eigenvalue weighted by molar-refractivity contribution is 6.61. The van der Waals surface area contributed by atoms with Crippen LogP contribution in [0.3, 0.4) is 0 Å². The van der Waals surface area contributed by atoms with Crippen LogP contribution in [0.15, 0.2) is 18.3 Å². The van der Waals surface area contributed by atoms with Crippen molar-refractivity contribution in [2.75, 3.05) is 0 Å². The van der Waals surface area contributed by atoms with Crippen LogP contribution >= 0.6 is 11.6 Å². The van der Waals surface area contributed by atoms with E-state index in [-0.39, 0.29) is 0 Å². The van der Waals surface area contributed by atoms with Crippen LogP contribution in [0.25, 0.3) is 0 Å². The van der Waals surface area contributed by atoms with E-state index in [1.807, 2.05) is 0 Å². The van der Waals surface area contributed by atoms with Crippen LogP contribution in [0.1, 0.15) is 55.4 Å². The number of hydrogen-bond donors (Lipinski definition) is 2. The number of rotatable bonds is 7. The molecule has 0 atom stereocenters. The van der Waals surface area contributed by atoms with Crippen LogP contribution in [0.4, 0.5) is 0 Å². The first-order valence-corrected chi connectivity index (χ1v) is 8.36. The molecule has 2 N–H and O–H groups in total. The molecule has 0 radical (unpaired) electrons. The molecular weight excluding hydrogens is 328 g/mol. The molecule has 1 aromatic rings. The molecule has 0 spiro atoms. The van der Waals surface area contributed by atoms with E-state index in [2.05, 4.69) is 4.98 Å². The SMILES string of the molecule is CC(C)(O)C(C)(C)OB(OC(C)(C)C(C)(C)O)c1ccc(Cl)nc1. The maximum atomic E-state index is 10.4. The number of halogens is 1. The Bertz CT molecular complexity index is 519. The molecule has 0 aromatic carbocycles. The molecule has 0 aliphatic rings. The van der Waals surface area contributed by atoms with Crippen molar-refractivity contribution in [1.29, 1.82) is 0 Å². The third kappa shape index (κ3) is 5.17. The minimum absolute atomic E-state index is 0.362. The Morgan fingerprint density at radius 1 is 0.875 bits per heavy atom. The Hall–Kier alpha value is -0.655. The molecule has 0 aliphatic heterocycles. The van der Waals surface area contributed by atoms with Crippen molar-refractivity contribution in [1.82, 2.24) is 4.98 Å². The normalized spacial score (nSPS) is 14.0. The summed E-state index contributed by atoms with van der Waals surface area (Å²) in [5.41, 5.74) is -3.38. The first-order chi connectivity index (χ1) is 10.6. The second-order valence-electron chi connectivity index (χ2n) is 8.12. The topological polar surface area (TPSA) is 71.8 Å². The van der Waals surface area contributed by atoms with Gasteiger partial charge < -0.3 is 19.5 Å². The summed E-state index contributed by atoms with van der Waals surface area (Å²) in [6, 6.07) is 3.39. The number of aromatic nitrogens is 1. The van der Waals surface area contributed by atoms with Gasteiger partial charge >= 0.3 is 7.12 Å². The lowest BCUT2D eigenvalue weighted by molar-refractivity contribution is -0.132. The van der Waals surface area contributed by atoms with Gasteiger partial charge in [-0.05, 0) is 61.5 Å². The second kappa shape index (κ2) is 6.92. The van der Waals surface area contributed by atoms with Crippen molar-refractivity contribution in [3.05, 3.63) is 23.5 Å². The van der Waals surface area contributed by atoms with Gasteiger partial charge in [-0.15, -0.1) is 0 Å². The molecule has 1 rings (SSSR count). The fourth-order valence-corrected chi connectivity index (χ4v) is 1.62. The Morgan fingerprint density at radius 2 is 1.29 bits per heavy atom. The molecule has 7 heteroatoms. The molecule has 1 heterocycles. The van der Waals surface area contributed by atoms with Crippen molar-refractivity contribution < 1.29 is 19.5 Å². The van der Waals surface area contributed by atoms with Gasteiger partial charge in [-0.1, -0.05) is 17.7 Å². The summed E-state index contributed by atoms with van der Waals surface area (Å²) in [5, 5.41) is 21.1. The Balaban J connectivity index is 3.20. The summed E-state index contributed by atoms with van der Waals surface area (Å²) >= 11 is 5.85. The molecule has 5 nitrogen and oxygen atoms in total. The molecule has 0 unspecified atom stereocenters. The molecule has 0 amide bonds. The van der Waals surface area contributed by atoms with Crippen molar-refractivity contribution >= 4 is 24.2 Å². The first kappa shape index (κ1) is 21.4. The summed E-state index contributed by atoms with van der Waals surface area (Å²) in [5.74, 6) is 0. The summed E-state index contributed by atoms with van der Waals surface area (Å²) in [6.07, 6.45) is 1.56. The van der Waals surface area contributed by atoms with Gasteiger partial charge in [0.25, 0.3) is 0 Å². The first-order valence-electron chi connectivity index (χ1n) is 7.99. The lowest BCUT2D eigenvalue weighted by atomic mass is 9.74. The van der Waals surface area contributed by atoms with Crippen molar-refractivity contribution in [2.24, 2.45) is 0 Å². The molecule has 0 saturated heterocycles. The van der Waals surface area contributed by atoms with Crippen LogP contribution in [0.5, 0.6) is 0 Å². The highest BCUT2D eigenvalue weighted by atomic mass is 35.5. The van der Waals surface area contributed by atoms with E-state index in [0.717, 1.165) is 0 Å². The van der Waals surface area contributed by atoms with E-state index in [4.69, 9.17) is 20.9 Å². The van der Waals surface area contributed by atoms with Gasteiger partial charge in [0, 0.05) is 11.7 Å². The van der Waals surface area contributed by atoms with Gasteiger partial charge in [0.2, 0.25) is 0 Å². The van der Waals surface area contributed by atoms with Crippen LogP contribution in [-0.4, -0.2) is 44.7 Å². The highest BCUT2D eigenvalue weighted by Crippen LogP contribution is 2.30. The average molecular weight is 358 g/mol. The van der Waals surface area contributed by atoms with Crippen molar-refractivity contribution in [2.45, 2.75) is 77.8 Å². The van der Waals surface area contributed by atoms with Crippen molar-refractivity contribution in [3.63, 3.8) is 0 Å². The zero-order valence-electron chi connectivity index (χ0n) is 15.8. The van der Waals surface area contributed by atoms with E-state index in [0.29, 0.717) is 10.6 Å². The lowest BCUT2D eigenvalue weighted by Gasteiger charge is -2.43. The molecule has 0 fully saturated rings. The zero-order chi connectivity index (χ0) is 19.0. The Morgan fingerprint density at radius 3 is 1.58 bits per heavy atom. The highest BCUT2D eigenvalue weighted by Gasteiger charge is 2.45. The number of pyridine rings is 1. The van der Waals surface area contributed by atoms with Crippen LogP contribution in [0.2, 0.25) is 5.15 Å². The van der Waals surface area contributed by atoms with E-state index >= 15 is 0 Å². The van der Waals surface area contributed by atoms with Crippen LogP contribution < -0.4 is 5.46 Å². The van der Waals surface area contributed by atoms with E-state index in [9.17, 15) is 10.2 Å². The predicted molar refractivity (Wildman–Crippen MR) is 97.6 cm³/mol. The van der Waals surface area contributed by atoms with Gasteiger partial charge in [-0.2, -0.15) is 0 Å². The summed E-state index contributed by atoms with van der Waals surface area (Å²) in [6.45, 7) is 13.8. The lowest BCUT2D eigenvalue weighted by Crippen LogP contribution is -2.58. The molecular formula is C17H29BClNO4. The van der Waals surface area contributed by atoms with E-state index in [1.165, 1.54) is 0 Å². The van der Waals surface area contributed by atoms with Gasteiger partial charge in [-0.25, -0.2) is 4.98 Å². The molecule has 0 bridgehead atoms. The number of aliphatic hydroxyl groups is 2. The van der Waals surface area contributed by atoms with Crippen LogP contribution in [-0.2, 0) is 9.31 Å². The molecule has 1 aromatic heterocycles. The van der Waals surface area contributed by atoms with Gasteiger partial charge in [0.15, 0.2) is 0 Å². The molecule has 0 saturated carbocycles. The minimum atomic E-state index is -1.10. The molecule has 0 aliphatic carbocycles. The standard InChI is InChI=1S/C17H29BClNO4/c1-14(2,21)16(5,6)23-18(12-9-10-13(19)20-11-12)24-17(7,8)15(3,4)22/h9-11,21-22H,1-8H3. The average Bonchev–Trinajstić information content (AvgIpc) is 2.35. The largest absolute Gasteiger partial charge is 0.496 e. The maximum absolute atomic E-state index is 10.4. The maximum Gasteiger partial charge on any atom is 0.496 e. The zero-order valence-corrected chi connectivity index (χ0v) is 16.6. The minimum Gasteiger partial charge on any atom is -0.399 e.